The summed E-state index contributed by atoms with van der Waals surface area (Å²) in [5.74, 6) is 1.68. The van der Waals surface area contributed by atoms with Gasteiger partial charge in [-0.05, 0) is 43.0 Å². The van der Waals surface area contributed by atoms with Crippen LogP contribution in [-0.4, -0.2) is 14.5 Å². The first-order chi connectivity index (χ1) is 8.74. The molecule has 0 unspecified atom stereocenters. The van der Waals surface area contributed by atoms with Crippen LogP contribution < -0.4 is 0 Å². The number of imidazole rings is 1. The summed E-state index contributed by atoms with van der Waals surface area (Å²) in [6.45, 7) is 3.41. The van der Waals surface area contributed by atoms with Gasteiger partial charge >= 0.3 is 0 Å². The lowest BCUT2D eigenvalue weighted by atomic mass is 9.83. The Labute approximate surface area is 112 Å². The van der Waals surface area contributed by atoms with Crippen molar-refractivity contribution in [3.05, 3.63) is 23.2 Å². The normalized spacial score (nSPS) is 24.5. The number of aromatic nitrogens is 3. The predicted molar refractivity (Wildman–Crippen MR) is 76.0 cm³/mol. The molecule has 0 atom stereocenters. The van der Waals surface area contributed by atoms with Gasteiger partial charge in [-0.25, -0.2) is 0 Å². The first-order valence-electron chi connectivity index (χ1n) is 6.76. The molecule has 4 heteroatoms. The number of pyridine rings is 1. The van der Waals surface area contributed by atoms with Crippen LogP contribution in [0.15, 0.2) is 18.5 Å². The van der Waals surface area contributed by atoms with Gasteiger partial charge in [0.15, 0.2) is 4.77 Å². The van der Waals surface area contributed by atoms with Crippen molar-refractivity contribution in [3.63, 3.8) is 0 Å². The minimum Gasteiger partial charge on any atom is -0.329 e. The van der Waals surface area contributed by atoms with E-state index < -0.39 is 0 Å². The molecule has 1 aliphatic rings. The highest BCUT2D eigenvalue weighted by Crippen LogP contribution is 2.30. The van der Waals surface area contributed by atoms with Gasteiger partial charge in [-0.2, -0.15) is 0 Å². The molecule has 2 heterocycles. The topological polar surface area (TPSA) is 33.6 Å². The zero-order chi connectivity index (χ0) is 12.5. The molecule has 1 aliphatic carbocycles. The molecule has 1 N–H and O–H groups in total. The first-order valence-corrected chi connectivity index (χ1v) is 7.17. The maximum atomic E-state index is 5.42. The van der Waals surface area contributed by atoms with Crippen LogP contribution in [0.25, 0.3) is 11.0 Å². The van der Waals surface area contributed by atoms with Gasteiger partial charge in [-0.15, -0.1) is 0 Å². The van der Waals surface area contributed by atoms with Crippen LogP contribution in [0.1, 0.15) is 32.6 Å². The molecule has 2 aromatic rings. The molecule has 3 rings (SSSR count). The van der Waals surface area contributed by atoms with Gasteiger partial charge < -0.3 is 9.55 Å². The van der Waals surface area contributed by atoms with E-state index >= 15 is 0 Å². The second kappa shape index (κ2) is 4.84. The molecule has 1 saturated carbocycles. The number of aromatic amines is 1. The summed E-state index contributed by atoms with van der Waals surface area (Å²) in [6.07, 6.45) is 9.08. The molecule has 96 valence electrons. The monoisotopic (exact) mass is 261 g/mol. The van der Waals surface area contributed by atoms with Crippen molar-refractivity contribution >= 4 is 23.3 Å². The molecule has 0 saturated heterocycles. The molecule has 18 heavy (non-hydrogen) atoms. The van der Waals surface area contributed by atoms with Crippen molar-refractivity contribution in [2.75, 3.05) is 0 Å². The summed E-state index contributed by atoms with van der Waals surface area (Å²) >= 11 is 5.42. The average molecular weight is 261 g/mol. The molecule has 0 aliphatic heterocycles. The van der Waals surface area contributed by atoms with Gasteiger partial charge in [0.1, 0.15) is 0 Å². The fourth-order valence-electron chi connectivity index (χ4n) is 2.96. The zero-order valence-electron chi connectivity index (χ0n) is 10.7. The van der Waals surface area contributed by atoms with Crippen LogP contribution >= 0.6 is 12.2 Å². The first kappa shape index (κ1) is 11.9. The largest absolute Gasteiger partial charge is 0.329 e. The van der Waals surface area contributed by atoms with E-state index in [4.69, 9.17) is 12.2 Å². The van der Waals surface area contributed by atoms with Crippen molar-refractivity contribution in [1.29, 1.82) is 0 Å². The van der Waals surface area contributed by atoms with Gasteiger partial charge in [0, 0.05) is 12.7 Å². The molecule has 0 radical (unpaired) electrons. The molecule has 3 nitrogen and oxygen atoms in total. The highest BCUT2D eigenvalue weighted by Gasteiger charge is 2.19. The van der Waals surface area contributed by atoms with Gasteiger partial charge in [0.05, 0.1) is 17.2 Å². The Balaban J connectivity index is 1.86. The maximum absolute atomic E-state index is 5.42. The molecule has 1 fully saturated rings. The second-order valence-electron chi connectivity index (χ2n) is 5.56. The Morgan fingerprint density at radius 2 is 2.17 bits per heavy atom. The summed E-state index contributed by atoms with van der Waals surface area (Å²) in [5.41, 5.74) is 2.24. The Kier molecular flexibility index (Phi) is 3.20. The number of hydrogen-bond acceptors (Lipinski definition) is 2. The fraction of sp³-hybridized carbons (Fsp3) is 0.571. The summed E-state index contributed by atoms with van der Waals surface area (Å²) in [4.78, 5) is 7.37. The summed E-state index contributed by atoms with van der Waals surface area (Å²) < 4.78 is 3.07. The molecule has 0 amide bonds. The number of H-pyrrole nitrogens is 1. The highest BCUT2D eigenvalue weighted by atomic mass is 32.1. The molecule has 2 aromatic heterocycles. The van der Waals surface area contributed by atoms with Crippen molar-refractivity contribution in [2.24, 2.45) is 11.8 Å². The fourth-order valence-corrected chi connectivity index (χ4v) is 3.24. The van der Waals surface area contributed by atoms with E-state index in [0.29, 0.717) is 0 Å². The lowest BCUT2D eigenvalue weighted by Gasteiger charge is -2.26. The van der Waals surface area contributed by atoms with E-state index in [1.807, 2.05) is 18.5 Å². The van der Waals surface area contributed by atoms with E-state index in [0.717, 1.165) is 28.7 Å². The maximum Gasteiger partial charge on any atom is 0.178 e. The van der Waals surface area contributed by atoms with E-state index in [1.165, 1.54) is 31.2 Å². The minimum atomic E-state index is 0.778. The van der Waals surface area contributed by atoms with E-state index in [-0.39, 0.29) is 0 Å². The number of nitrogens with one attached hydrogen (secondary N) is 1. The molecular weight excluding hydrogens is 242 g/mol. The third kappa shape index (κ3) is 2.21. The van der Waals surface area contributed by atoms with E-state index in [2.05, 4.69) is 21.5 Å². The van der Waals surface area contributed by atoms with Crippen molar-refractivity contribution < 1.29 is 0 Å². The molecular formula is C14H19N3S. The number of nitrogens with zero attached hydrogens (tertiary/aromatic N) is 2. The minimum absolute atomic E-state index is 0.778. The SMILES string of the molecule is CC1CCC(Cn2c(=S)[nH]c3cnccc32)CC1. The van der Waals surface area contributed by atoms with Crippen molar-refractivity contribution in [2.45, 2.75) is 39.2 Å². The highest BCUT2D eigenvalue weighted by molar-refractivity contribution is 7.71. The van der Waals surface area contributed by atoms with Crippen LogP contribution in [0.2, 0.25) is 0 Å². The Hall–Kier alpha value is -1.16. The summed E-state index contributed by atoms with van der Waals surface area (Å²) in [6, 6.07) is 2.05. The molecule has 0 bridgehead atoms. The third-order valence-corrected chi connectivity index (χ3v) is 4.47. The zero-order valence-corrected chi connectivity index (χ0v) is 11.5. The quantitative estimate of drug-likeness (QED) is 0.831. The van der Waals surface area contributed by atoms with E-state index in [9.17, 15) is 0 Å². The van der Waals surface area contributed by atoms with E-state index in [1.54, 1.807) is 0 Å². The smallest absolute Gasteiger partial charge is 0.178 e. The van der Waals surface area contributed by atoms with Crippen LogP contribution in [0, 0.1) is 16.6 Å². The average Bonchev–Trinajstić information content (AvgIpc) is 2.69. The number of fused-ring (bicyclic) bond motifs is 1. The van der Waals surface area contributed by atoms with Gasteiger partial charge in [-0.3, -0.25) is 4.98 Å². The van der Waals surface area contributed by atoms with Crippen LogP contribution in [0.4, 0.5) is 0 Å². The third-order valence-electron chi connectivity index (χ3n) is 4.15. The predicted octanol–water partition coefficient (Wildman–Crippen LogP) is 3.92. The second-order valence-corrected chi connectivity index (χ2v) is 5.95. The van der Waals surface area contributed by atoms with Crippen LogP contribution in [-0.2, 0) is 6.54 Å². The lowest BCUT2D eigenvalue weighted by molar-refractivity contribution is 0.266. The Morgan fingerprint density at radius 3 is 2.94 bits per heavy atom. The Morgan fingerprint density at radius 1 is 1.39 bits per heavy atom. The number of hydrogen-bond donors (Lipinski definition) is 1. The lowest BCUT2D eigenvalue weighted by Crippen LogP contribution is -2.17. The molecule has 0 aromatic carbocycles. The van der Waals surface area contributed by atoms with Crippen molar-refractivity contribution in [3.8, 4) is 0 Å². The summed E-state index contributed by atoms with van der Waals surface area (Å²) in [5, 5.41) is 0. The summed E-state index contributed by atoms with van der Waals surface area (Å²) in [7, 11) is 0. The van der Waals surface area contributed by atoms with Gasteiger partial charge in [-0.1, -0.05) is 19.8 Å². The van der Waals surface area contributed by atoms with Gasteiger partial charge in [0.25, 0.3) is 0 Å². The molecule has 0 spiro atoms. The Bertz CT molecular complexity index is 590. The van der Waals surface area contributed by atoms with Crippen LogP contribution in [0.5, 0.6) is 0 Å². The number of rotatable bonds is 2. The van der Waals surface area contributed by atoms with Gasteiger partial charge in [0.2, 0.25) is 0 Å². The van der Waals surface area contributed by atoms with Crippen LogP contribution in [0.3, 0.4) is 0 Å². The standard InChI is InChI=1S/C14H19N3S/c1-10-2-4-11(5-3-10)9-17-13-6-7-15-8-12(13)16-14(17)18/h6-8,10-11H,2-5,9H2,1H3,(H,16,18). The van der Waals surface area contributed by atoms with Crippen molar-refractivity contribution in [1.82, 2.24) is 14.5 Å².